The molecule has 0 saturated heterocycles. The van der Waals surface area contributed by atoms with E-state index in [1.165, 1.54) is 0 Å². The zero-order chi connectivity index (χ0) is 24.7. The van der Waals surface area contributed by atoms with E-state index in [2.05, 4.69) is 41.0 Å². The highest BCUT2D eigenvalue weighted by atomic mass is 35.5. The molecule has 0 bridgehead atoms. The summed E-state index contributed by atoms with van der Waals surface area (Å²) in [6.07, 6.45) is 2.98. The number of carbonyl (C=O) groups is 1. The average Bonchev–Trinajstić information content (AvgIpc) is 2.83. The predicted octanol–water partition coefficient (Wildman–Crippen LogP) is 6.98. The van der Waals surface area contributed by atoms with Crippen LogP contribution in [0.2, 0.25) is 10.0 Å². The van der Waals surface area contributed by atoms with Gasteiger partial charge in [-0.2, -0.15) is 0 Å². The largest absolute Gasteiger partial charge is 0.367 e. The number of aryl methyl sites for hydroxylation is 2. The predicted molar refractivity (Wildman–Crippen MR) is 143 cm³/mol. The number of aromatic nitrogens is 2. The van der Waals surface area contributed by atoms with Crippen LogP contribution in [0.4, 0.5) is 5.82 Å². The van der Waals surface area contributed by atoms with Crippen LogP contribution in [0, 0.1) is 6.92 Å². The van der Waals surface area contributed by atoms with Crippen LogP contribution in [0.5, 0.6) is 0 Å². The second kappa shape index (κ2) is 12.5. The minimum Gasteiger partial charge on any atom is -0.367 e. The molecule has 0 fully saturated rings. The summed E-state index contributed by atoms with van der Waals surface area (Å²) in [5, 5.41) is 5.49. The summed E-state index contributed by atoms with van der Waals surface area (Å²) >= 11 is 12.1. The molecule has 1 atom stereocenters. The Kier molecular flexibility index (Phi) is 9.69. The number of halogens is 2. The van der Waals surface area contributed by atoms with Crippen molar-refractivity contribution in [3.8, 4) is 0 Å². The number of Topliss-reactive ketones (excluding diaryl/α,β-unsaturated/α-hetero) is 1. The van der Waals surface area contributed by atoms with Crippen molar-refractivity contribution in [3.63, 3.8) is 0 Å². The maximum absolute atomic E-state index is 13.1. The molecule has 1 aromatic heterocycles. The van der Waals surface area contributed by atoms with Crippen LogP contribution in [0.15, 0.2) is 36.4 Å². The molecule has 7 heteroatoms. The van der Waals surface area contributed by atoms with Gasteiger partial charge >= 0.3 is 0 Å². The Morgan fingerprint density at radius 2 is 1.85 bits per heavy atom. The first kappa shape index (κ1) is 26.4. The number of anilines is 1. The Balaban J connectivity index is 1.76. The average molecular weight is 502 g/mol. The highest BCUT2D eigenvalue weighted by Gasteiger charge is 2.17. The van der Waals surface area contributed by atoms with Gasteiger partial charge in [-0.3, -0.25) is 4.79 Å². The Labute approximate surface area is 212 Å². The minimum atomic E-state index is -0.0894. The fourth-order valence-electron chi connectivity index (χ4n) is 4.06. The van der Waals surface area contributed by atoms with E-state index in [1.807, 2.05) is 31.2 Å². The summed E-state index contributed by atoms with van der Waals surface area (Å²) in [6.45, 7) is 11.8. The third-order valence-electron chi connectivity index (χ3n) is 6.19. The number of benzene rings is 2. The van der Waals surface area contributed by atoms with E-state index < -0.39 is 0 Å². The van der Waals surface area contributed by atoms with Gasteiger partial charge in [0.25, 0.3) is 0 Å². The van der Waals surface area contributed by atoms with Crippen molar-refractivity contribution in [2.75, 3.05) is 25.0 Å². The number of hydrogen-bond donors (Lipinski definition) is 1. The van der Waals surface area contributed by atoms with Gasteiger partial charge in [-0.05, 0) is 82.1 Å². The smallest absolute Gasteiger partial charge is 0.200 e. The van der Waals surface area contributed by atoms with Gasteiger partial charge in [0.1, 0.15) is 5.82 Å². The second-order valence-electron chi connectivity index (χ2n) is 8.75. The van der Waals surface area contributed by atoms with Crippen LogP contribution in [0.3, 0.4) is 0 Å². The van der Waals surface area contributed by atoms with Gasteiger partial charge in [-0.25, -0.2) is 9.97 Å². The van der Waals surface area contributed by atoms with E-state index in [1.54, 1.807) is 12.1 Å². The van der Waals surface area contributed by atoms with Crippen LogP contribution in [0.1, 0.15) is 61.8 Å². The molecule has 0 radical (unpaired) electrons. The van der Waals surface area contributed by atoms with Crippen molar-refractivity contribution in [2.45, 2.75) is 59.4 Å². The Hall–Kier alpha value is -2.21. The summed E-state index contributed by atoms with van der Waals surface area (Å²) < 4.78 is 0. The third-order valence-corrected chi connectivity index (χ3v) is 6.93. The molecule has 0 spiro atoms. The fraction of sp³-hybridized carbons (Fsp3) is 0.444. The van der Waals surface area contributed by atoms with E-state index in [9.17, 15) is 4.79 Å². The van der Waals surface area contributed by atoms with Gasteiger partial charge in [0.05, 0.1) is 15.6 Å². The number of fused-ring (bicyclic) bond motifs is 1. The molecule has 1 unspecified atom stereocenters. The van der Waals surface area contributed by atoms with Gasteiger partial charge < -0.3 is 10.2 Å². The topological polar surface area (TPSA) is 58.1 Å². The normalized spacial score (nSPS) is 12.3. The van der Waals surface area contributed by atoms with Crippen molar-refractivity contribution in [1.82, 2.24) is 14.9 Å². The molecule has 5 nitrogen and oxygen atoms in total. The van der Waals surface area contributed by atoms with Crippen LogP contribution in [-0.4, -0.2) is 46.3 Å². The van der Waals surface area contributed by atoms with Crippen molar-refractivity contribution in [1.29, 1.82) is 0 Å². The lowest BCUT2D eigenvalue weighted by atomic mass is 10.1. The summed E-state index contributed by atoms with van der Waals surface area (Å²) in [7, 11) is 0. The van der Waals surface area contributed by atoms with E-state index in [0.717, 1.165) is 60.3 Å². The van der Waals surface area contributed by atoms with E-state index >= 15 is 0 Å². The highest BCUT2D eigenvalue weighted by Crippen LogP contribution is 2.26. The number of para-hydroxylation sites is 1. The third kappa shape index (κ3) is 6.91. The number of nitrogens with one attached hydrogen (secondary N) is 1. The standard InChI is InChI=1S/C27H34Cl2N4O/c1-5-33(6-2)16-8-10-19(4)30-26-21-11-7-9-18(3)25(21)31-27(32-26)24(34)15-13-20-12-14-22(28)23(29)17-20/h7,9,11-12,14,17,19H,5-6,8,10,13,15-16H2,1-4H3,(H,30,31,32). The first-order valence-electron chi connectivity index (χ1n) is 12.1. The van der Waals surface area contributed by atoms with Crippen LogP contribution >= 0.6 is 23.2 Å². The molecule has 3 rings (SSSR count). The van der Waals surface area contributed by atoms with Crippen LogP contribution in [-0.2, 0) is 6.42 Å². The van der Waals surface area contributed by atoms with Crippen LogP contribution in [0.25, 0.3) is 10.9 Å². The maximum Gasteiger partial charge on any atom is 0.200 e. The summed E-state index contributed by atoms with van der Waals surface area (Å²) in [6, 6.07) is 11.7. The molecule has 1 heterocycles. The maximum atomic E-state index is 13.1. The van der Waals surface area contributed by atoms with E-state index in [4.69, 9.17) is 23.2 Å². The first-order valence-corrected chi connectivity index (χ1v) is 12.8. The molecule has 1 N–H and O–H groups in total. The van der Waals surface area contributed by atoms with E-state index in [-0.39, 0.29) is 17.6 Å². The molecule has 0 aliphatic carbocycles. The summed E-state index contributed by atoms with van der Waals surface area (Å²) in [5.74, 6) is 0.884. The Morgan fingerprint density at radius 3 is 2.56 bits per heavy atom. The molecular weight excluding hydrogens is 467 g/mol. The Bertz CT molecular complexity index is 1130. The quantitative estimate of drug-likeness (QED) is 0.271. The molecular formula is C27H34Cl2N4O. The van der Waals surface area contributed by atoms with Crippen molar-refractivity contribution in [2.24, 2.45) is 0 Å². The lowest BCUT2D eigenvalue weighted by molar-refractivity contribution is 0.0973. The number of ketones is 1. The SMILES string of the molecule is CCN(CC)CCCC(C)Nc1nc(C(=O)CCc2ccc(Cl)c(Cl)c2)nc2c(C)cccc12. The lowest BCUT2D eigenvalue weighted by Crippen LogP contribution is -2.26. The zero-order valence-electron chi connectivity index (χ0n) is 20.5. The molecule has 0 amide bonds. The molecule has 2 aromatic carbocycles. The van der Waals surface area contributed by atoms with Crippen molar-refractivity contribution < 1.29 is 4.79 Å². The highest BCUT2D eigenvalue weighted by molar-refractivity contribution is 6.42. The van der Waals surface area contributed by atoms with Crippen LogP contribution < -0.4 is 5.32 Å². The van der Waals surface area contributed by atoms with Gasteiger partial charge in [0, 0.05) is 17.8 Å². The van der Waals surface area contributed by atoms with Gasteiger partial charge in [0.2, 0.25) is 0 Å². The minimum absolute atomic E-state index is 0.0894. The summed E-state index contributed by atoms with van der Waals surface area (Å²) in [5.41, 5.74) is 2.80. The molecule has 3 aromatic rings. The van der Waals surface area contributed by atoms with Gasteiger partial charge in [-0.15, -0.1) is 0 Å². The monoisotopic (exact) mass is 500 g/mol. The van der Waals surface area contributed by atoms with Crippen molar-refractivity contribution >= 4 is 45.7 Å². The van der Waals surface area contributed by atoms with Gasteiger partial charge in [-0.1, -0.05) is 55.2 Å². The molecule has 182 valence electrons. The second-order valence-corrected chi connectivity index (χ2v) is 9.57. The summed E-state index contributed by atoms with van der Waals surface area (Å²) in [4.78, 5) is 24.8. The number of nitrogens with zero attached hydrogens (tertiary/aromatic N) is 3. The first-order chi connectivity index (χ1) is 16.3. The molecule has 0 aliphatic rings. The molecule has 0 saturated carbocycles. The number of carbonyl (C=O) groups excluding carboxylic acids is 1. The van der Waals surface area contributed by atoms with Gasteiger partial charge in [0.15, 0.2) is 11.6 Å². The lowest BCUT2D eigenvalue weighted by Gasteiger charge is -2.20. The van der Waals surface area contributed by atoms with E-state index in [0.29, 0.717) is 22.9 Å². The van der Waals surface area contributed by atoms with Crippen molar-refractivity contribution in [3.05, 3.63) is 63.4 Å². The zero-order valence-corrected chi connectivity index (χ0v) is 22.0. The Morgan fingerprint density at radius 1 is 1.09 bits per heavy atom. The molecule has 0 aliphatic heterocycles. The number of rotatable bonds is 12. The fourth-order valence-corrected chi connectivity index (χ4v) is 4.38. The molecule has 34 heavy (non-hydrogen) atoms. The number of hydrogen-bond acceptors (Lipinski definition) is 5.